The first-order valence-electron chi connectivity index (χ1n) is 40.2. The predicted molar refractivity (Wildman–Crippen MR) is 433 cm³/mol. The van der Waals surface area contributed by atoms with Gasteiger partial charge in [-0.1, -0.05) is 61.8 Å². The van der Waals surface area contributed by atoms with Crippen molar-refractivity contribution < 1.29 is 132 Å². The van der Waals surface area contributed by atoms with E-state index in [1.54, 1.807) is 41.5 Å². The molecule has 1 aliphatic heterocycles. The number of carboxylic acid groups (broad SMARTS) is 4. The number of thiol groups is 1. The van der Waals surface area contributed by atoms with Crippen LogP contribution in [0.1, 0.15) is 187 Å². The van der Waals surface area contributed by atoms with Crippen molar-refractivity contribution in [1.82, 2.24) is 84.7 Å². The van der Waals surface area contributed by atoms with Crippen LogP contribution >= 0.6 is 12.6 Å². The van der Waals surface area contributed by atoms with Crippen molar-refractivity contribution >= 4 is 131 Å². The second kappa shape index (κ2) is 54.0. The van der Waals surface area contributed by atoms with Gasteiger partial charge in [-0.2, -0.15) is 12.6 Å². The second-order valence-electron chi connectivity index (χ2n) is 31.2. The zero-order chi connectivity index (χ0) is 92.7. The lowest BCUT2D eigenvalue weighted by atomic mass is 9.95. The molecule has 26 N–H and O–H groups in total. The number of carboxylic acids is 4. The Morgan fingerprint density at radius 3 is 1.07 bits per heavy atom. The molecule has 1 rings (SSSR count). The molecule has 0 aliphatic carbocycles. The Labute approximate surface area is 706 Å². The van der Waals surface area contributed by atoms with Crippen molar-refractivity contribution in [2.24, 2.45) is 35.1 Å². The molecule has 0 aromatic heterocycles. The maximum absolute atomic E-state index is 14.9. The van der Waals surface area contributed by atoms with Gasteiger partial charge < -0.3 is 132 Å². The van der Waals surface area contributed by atoms with Crippen LogP contribution in [-0.4, -0.2) is 299 Å². The summed E-state index contributed by atoms with van der Waals surface area (Å²) in [6.45, 7) is 19.6. The molecule has 0 spiro atoms. The van der Waals surface area contributed by atoms with Crippen LogP contribution in [0, 0.1) is 23.7 Å². The average molecular weight is 1750 g/mol. The molecule has 0 radical (unpaired) electrons. The lowest BCUT2D eigenvalue weighted by Crippen LogP contribution is -2.63. The van der Waals surface area contributed by atoms with Gasteiger partial charge in [0.1, 0.15) is 96.7 Å². The Hall–Kier alpha value is -10.4. The number of nitrogens with two attached hydrogens (primary N) is 2. The fourth-order valence-corrected chi connectivity index (χ4v) is 12.4. The lowest BCUT2D eigenvalue weighted by Gasteiger charge is -2.34. The molecule has 1 heterocycles. The summed E-state index contributed by atoms with van der Waals surface area (Å²) in [6, 6.07) is -25.2. The first kappa shape index (κ1) is 109. The smallest absolute Gasteiger partial charge is 0.327 e. The highest BCUT2D eigenvalue weighted by molar-refractivity contribution is 7.80. The zero-order valence-corrected chi connectivity index (χ0v) is 71.7. The first-order chi connectivity index (χ1) is 56.4. The van der Waals surface area contributed by atoms with Gasteiger partial charge in [0.05, 0.1) is 24.9 Å². The Balaban J connectivity index is 3.50. The van der Waals surface area contributed by atoms with E-state index < -0.39 is 290 Å². The van der Waals surface area contributed by atoms with Gasteiger partial charge in [-0.25, -0.2) is 4.79 Å². The minimum absolute atomic E-state index is 0.00490. The molecule has 45 nitrogen and oxygen atoms in total. The van der Waals surface area contributed by atoms with Crippen molar-refractivity contribution in [1.29, 1.82) is 0 Å². The quantitative estimate of drug-likeness (QED) is 0.0199. The third kappa shape index (κ3) is 38.4. The summed E-state index contributed by atoms with van der Waals surface area (Å²) >= 11 is 3.86. The molecule has 0 bridgehead atoms. The number of aliphatic hydroxyl groups excluding tert-OH is 3. The number of unbranched alkanes of at least 4 members (excludes halogenated alkanes) is 1. The van der Waals surface area contributed by atoms with Gasteiger partial charge in [0, 0.05) is 31.6 Å². The number of nitrogens with zero attached hydrogens (tertiary/aromatic N) is 1. The molecule has 46 heteroatoms. The number of hydrogen-bond acceptors (Lipinski definition) is 26. The maximum Gasteiger partial charge on any atom is 0.327 e. The molecule has 1 aliphatic rings. The van der Waals surface area contributed by atoms with Crippen LogP contribution in [-0.2, 0) is 95.9 Å². The summed E-state index contributed by atoms with van der Waals surface area (Å²) in [5, 5.41) is 106. The largest absolute Gasteiger partial charge is 0.481 e. The van der Waals surface area contributed by atoms with E-state index in [1.807, 2.05) is 0 Å². The Kier molecular flexibility index (Phi) is 48.5. The van der Waals surface area contributed by atoms with E-state index in [0.29, 0.717) is 12.8 Å². The molecule has 1 fully saturated rings. The fraction of sp³-hybridized carbons (Fsp3) is 0.733. The molecule has 0 aromatic rings. The normalized spacial score (nSPS) is 17.3. The molecular weight excluding hydrogens is 1620 g/mol. The molecule has 0 saturated carbocycles. The summed E-state index contributed by atoms with van der Waals surface area (Å²) in [5.74, 6) is -24.6. The van der Waals surface area contributed by atoms with E-state index in [4.69, 9.17) is 11.5 Å². The van der Waals surface area contributed by atoms with Crippen LogP contribution in [0.2, 0.25) is 0 Å². The van der Waals surface area contributed by atoms with Crippen LogP contribution in [0.5, 0.6) is 0 Å². The van der Waals surface area contributed by atoms with Crippen molar-refractivity contribution in [3.05, 3.63) is 0 Å². The van der Waals surface area contributed by atoms with Gasteiger partial charge in [0.15, 0.2) is 0 Å². The maximum atomic E-state index is 14.9. The lowest BCUT2D eigenvalue weighted by molar-refractivity contribution is -0.144. The standard InChI is InChI=1S/C75H128N18O27S/c1-15-36(8)56(90-70(114)55(35(6)7)89-66(110)46(23-26-54(102)103)84-73(117)59(42(14)96)91-67(111)47(29-33(2)3)85-62(106)39(11)80-63(107)43(19-16-17-27-76)82-71(115)57(40(12)94)88-51(97)31-77)74(118)93-28-18-20-50(93)69(113)86-48(30-34(4)5)68(112)92-58(41(13)95)72(116)83-44(21-24-52(98)99)64(108)79-37(9)60(104)78-38(10)61(105)81-45(22-25-53(100)101)65(109)87-49(32-121)75(119)120/h33-50,55-59,94-96,121H,15-32,76-77H2,1-14H3,(H,78,104)(H,79,108)(H,80,107)(H,81,105)(H,82,115)(H,83,116)(H,84,117)(H,85,106)(H,86,113)(H,87,109)(H,88,97)(H,89,110)(H,90,114)(H,91,111)(H,92,112)(H,98,99)(H,100,101)(H,102,103)(H,119,120)/t36-,37-,38-,39-,40+,41+,42+,43-,44-,45-,46-,47-,48-,49-,50-,55-,56-,57-,58-,59-/m0/s1. The number of likely N-dealkylation sites (tertiary alicyclic amines) is 1. The van der Waals surface area contributed by atoms with E-state index in [2.05, 4.69) is 92.4 Å². The molecule has 1 saturated heterocycles. The number of nitrogens with one attached hydrogen (secondary N) is 15. The summed E-state index contributed by atoms with van der Waals surface area (Å²) in [7, 11) is 0. The van der Waals surface area contributed by atoms with Gasteiger partial charge in [-0.3, -0.25) is 91.1 Å². The van der Waals surface area contributed by atoms with Crippen molar-refractivity contribution in [3.63, 3.8) is 0 Å². The van der Waals surface area contributed by atoms with Crippen LogP contribution in [0.4, 0.5) is 0 Å². The number of rotatable bonds is 56. The number of carbonyl (C=O) groups excluding carboxylic acids is 16. The predicted octanol–water partition coefficient (Wildman–Crippen LogP) is -7.06. The van der Waals surface area contributed by atoms with Gasteiger partial charge >= 0.3 is 23.9 Å². The minimum atomic E-state index is -1.93. The molecule has 0 unspecified atom stereocenters. The number of hydrogen-bond donors (Lipinski definition) is 25. The Bertz CT molecular complexity index is 3590. The van der Waals surface area contributed by atoms with Crippen LogP contribution in [0.3, 0.4) is 0 Å². The SMILES string of the molecule is CC[C@H](C)[C@H](NC(=O)[C@@H](NC(=O)[C@H](CCC(=O)O)NC(=O)[C@@H](NC(=O)[C@H](CC(C)C)NC(=O)[C@H](C)NC(=O)[C@H](CCCCN)NC(=O)[C@@H](NC(=O)CN)[C@@H](C)O)[C@@H](C)O)C(C)C)C(=O)N1CCC[C@H]1C(=O)N[C@@H](CC(C)C)C(=O)N[C@H](C(=O)N[C@@H](CCC(=O)O)C(=O)N[C@@H](C)C(=O)N[C@@H](C)C(=O)N[C@@H](CCC(=O)O)C(=O)N[C@@H](CS)C(=O)O)[C@@H](C)O. The topological polar surface area (TPSA) is 719 Å². The van der Waals surface area contributed by atoms with Gasteiger partial charge in [-0.05, 0) is 136 Å². The van der Waals surface area contributed by atoms with E-state index in [9.17, 15) is 132 Å². The summed E-state index contributed by atoms with van der Waals surface area (Å²) < 4.78 is 0. The number of aliphatic carboxylic acids is 4. The van der Waals surface area contributed by atoms with Gasteiger partial charge in [-0.15, -0.1) is 0 Å². The van der Waals surface area contributed by atoms with E-state index in [1.165, 1.54) is 32.6 Å². The first-order valence-corrected chi connectivity index (χ1v) is 40.8. The van der Waals surface area contributed by atoms with Crippen molar-refractivity contribution in [2.45, 2.75) is 302 Å². The van der Waals surface area contributed by atoms with Crippen LogP contribution in [0.25, 0.3) is 0 Å². The molecule has 0 aromatic carbocycles. The van der Waals surface area contributed by atoms with E-state index in [0.717, 1.165) is 27.7 Å². The van der Waals surface area contributed by atoms with Crippen molar-refractivity contribution in [3.8, 4) is 0 Å². The average Bonchev–Trinajstić information content (AvgIpc) is 1.67. The molecule has 686 valence electrons. The third-order valence-corrected chi connectivity index (χ3v) is 19.8. The van der Waals surface area contributed by atoms with Gasteiger partial charge in [0.25, 0.3) is 0 Å². The van der Waals surface area contributed by atoms with E-state index >= 15 is 0 Å². The highest BCUT2D eigenvalue weighted by Crippen LogP contribution is 2.24. The Morgan fingerprint density at radius 2 is 0.702 bits per heavy atom. The van der Waals surface area contributed by atoms with Crippen LogP contribution in [0.15, 0.2) is 0 Å². The minimum Gasteiger partial charge on any atom is -0.481 e. The number of carbonyl (C=O) groups is 20. The summed E-state index contributed by atoms with van der Waals surface area (Å²) in [5.41, 5.74) is 11.0. The zero-order valence-electron chi connectivity index (χ0n) is 70.9. The number of aliphatic hydroxyl groups is 3. The van der Waals surface area contributed by atoms with Crippen LogP contribution < -0.4 is 91.2 Å². The fourth-order valence-electron chi connectivity index (χ4n) is 12.2. The second-order valence-corrected chi connectivity index (χ2v) is 31.6. The molecule has 16 amide bonds. The number of amides is 16. The third-order valence-electron chi connectivity index (χ3n) is 19.4. The van der Waals surface area contributed by atoms with Gasteiger partial charge in [0.2, 0.25) is 94.5 Å². The molecule has 121 heavy (non-hydrogen) atoms. The summed E-state index contributed by atoms with van der Waals surface area (Å²) in [4.78, 5) is 269. The highest BCUT2D eigenvalue weighted by atomic mass is 32.1. The van der Waals surface area contributed by atoms with Crippen molar-refractivity contribution in [2.75, 3.05) is 25.4 Å². The van der Waals surface area contributed by atoms with E-state index in [-0.39, 0.29) is 69.2 Å². The summed E-state index contributed by atoms with van der Waals surface area (Å²) in [6.07, 6.45) is -7.92. The Morgan fingerprint density at radius 1 is 0.380 bits per heavy atom. The molecular formula is C75H128N18O27S. The monoisotopic (exact) mass is 1740 g/mol. The highest BCUT2D eigenvalue weighted by Gasteiger charge is 2.44. The molecule has 20 atom stereocenters.